The number of hydrogen-bond acceptors (Lipinski definition) is 6. The van der Waals surface area contributed by atoms with E-state index in [2.05, 4.69) is 10.4 Å². The first-order valence-electron chi connectivity index (χ1n) is 5.49. The van der Waals surface area contributed by atoms with Crippen LogP contribution in [0.15, 0.2) is 18.3 Å². The van der Waals surface area contributed by atoms with Crippen molar-refractivity contribution in [3.63, 3.8) is 0 Å². The molecule has 17 heavy (non-hydrogen) atoms. The summed E-state index contributed by atoms with van der Waals surface area (Å²) >= 11 is 0. The van der Waals surface area contributed by atoms with E-state index < -0.39 is 0 Å². The molecule has 6 heteroatoms. The van der Waals surface area contributed by atoms with Gasteiger partial charge in [-0.1, -0.05) is 0 Å². The summed E-state index contributed by atoms with van der Waals surface area (Å²) in [7, 11) is 1.65. The number of nitrogens with zero attached hydrogens (tertiary/aromatic N) is 1. The fraction of sp³-hybridized carbons (Fsp3) is 0.545. The fourth-order valence-corrected chi connectivity index (χ4v) is 1.18. The summed E-state index contributed by atoms with van der Waals surface area (Å²) in [6.07, 6.45) is 2.47. The van der Waals surface area contributed by atoms with Crippen LogP contribution in [0.4, 0.5) is 5.82 Å². The van der Waals surface area contributed by atoms with E-state index in [1.54, 1.807) is 25.4 Å². The number of hydrogen-bond donors (Lipinski definition) is 2. The predicted molar refractivity (Wildman–Crippen MR) is 64.9 cm³/mol. The Morgan fingerprint density at radius 2 is 2.18 bits per heavy atom. The van der Waals surface area contributed by atoms with E-state index in [-0.39, 0.29) is 0 Å². The Balaban J connectivity index is 2.09. The topological polar surface area (TPSA) is 78.6 Å². The lowest BCUT2D eigenvalue weighted by Gasteiger charge is -2.07. The lowest BCUT2D eigenvalue weighted by Crippen LogP contribution is -2.09. The second kappa shape index (κ2) is 8.74. The van der Waals surface area contributed by atoms with Crippen LogP contribution in [0.5, 0.6) is 5.75 Å². The molecule has 1 aromatic rings. The van der Waals surface area contributed by atoms with E-state index >= 15 is 0 Å². The summed E-state index contributed by atoms with van der Waals surface area (Å²) in [5, 5.41) is 0. The molecule has 1 rings (SSSR count). The van der Waals surface area contributed by atoms with E-state index in [1.807, 2.05) is 0 Å². The van der Waals surface area contributed by atoms with E-state index in [9.17, 15) is 0 Å². The Hall–Kier alpha value is -1.37. The van der Waals surface area contributed by atoms with Crippen molar-refractivity contribution in [2.75, 3.05) is 39.0 Å². The first-order valence-corrected chi connectivity index (χ1v) is 5.49. The molecule has 0 aliphatic rings. The minimum absolute atomic E-state index is 0.582. The van der Waals surface area contributed by atoms with Crippen LogP contribution in [0.3, 0.4) is 0 Å². The standard InChI is InChI=1S/C11H19N3O3/c1-15-7-8-16-5-2-6-17-10-3-4-13-11(9-10)14-12/h3-4,9H,2,5-8,12H2,1H3,(H,13,14). The molecule has 0 spiro atoms. The molecule has 0 amide bonds. The van der Waals surface area contributed by atoms with Gasteiger partial charge in [-0.2, -0.15) is 0 Å². The zero-order chi connectivity index (χ0) is 12.3. The third-order valence-corrected chi connectivity index (χ3v) is 2.01. The average molecular weight is 241 g/mol. The quantitative estimate of drug-likeness (QED) is 0.378. The third kappa shape index (κ3) is 6.06. The summed E-state index contributed by atoms with van der Waals surface area (Å²) in [5.41, 5.74) is 2.46. The molecule has 0 saturated heterocycles. The molecule has 0 radical (unpaired) electrons. The molecule has 1 aromatic heterocycles. The van der Waals surface area contributed by atoms with Crippen molar-refractivity contribution in [1.29, 1.82) is 0 Å². The van der Waals surface area contributed by atoms with Crippen molar-refractivity contribution in [3.8, 4) is 5.75 Å². The number of rotatable bonds is 9. The van der Waals surface area contributed by atoms with E-state index in [1.165, 1.54) is 0 Å². The van der Waals surface area contributed by atoms with Crippen LogP contribution in [0.2, 0.25) is 0 Å². The Kier molecular flexibility index (Phi) is 7.04. The number of hydrazine groups is 1. The van der Waals surface area contributed by atoms with Crippen LogP contribution in [0.1, 0.15) is 6.42 Å². The Morgan fingerprint density at radius 3 is 2.94 bits per heavy atom. The lowest BCUT2D eigenvalue weighted by atomic mass is 10.4. The molecule has 0 aliphatic carbocycles. The summed E-state index contributed by atoms with van der Waals surface area (Å²) in [4.78, 5) is 3.98. The van der Waals surface area contributed by atoms with Crippen LogP contribution in [0, 0.1) is 0 Å². The normalized spacial score (nSPS) is 10.2. The smallest absolute Gasteiger partial charge is 0.143 e. The average Bonchev–Trinajstić information content (AvgIpc) is 2.38. The summed E-state index contributed by atoms with van der Waals surface area (Å²) < 4.78 is 15.7. The molecule has 1 heterocycles. The number of nitrogen functional groups attached to an aromatic ring is 1. The van der Waals surface area contributed by atoms with Gasteiger partial charge in [0.05, 0.1) is 19.8 Å². The molecule has 0 aromatic carbocycles. The van der Waals surface area contributed by atoms with Crippen molar-refractivity contribution in [2.45, 2.75) is 6.42 Å². The number of aromatic nitrogens is 1. The molecule has 0 unspecified atom stereocenters. The number of ether oxygens (including phenoxy) is 3. The van der Waals surface area contributed by atoms with Gasteiger partial charge in [0.2, 0.25) is 0 Å². The van der Waals surface area contributed by atoms with Gasteiger partial charge >= 0.3 is 0 Å². The highest BCUT2D eigenvalue weighted by Crippen LogP contribution is 2.13. The molecule has 0 aliphatic heterocycles. The maximum atomic E-state index is 5.51. The Bertz CT molecular complexity index is 310. The van der Waals surface area contributed by atoms with Crippen molar-refractivity contribution >= 4 is 5.82 Å². The van der Waals surface area contributed by atoms with Gasteiger partial charge in [0.15, 0.2) is 0 Å². The number of methoxy groups -OCH3 is 1. The van der Waals surface area contributed by atoms with Gasteiger partial charge in [0, 0.05) is 32.4 Å². The number of nitrogens with two attached hydrogens (primary N) is 1. The molecule has 6 nitrogen and oxygen atoms in total. The maximum Gasteiger partial charge on any atom is 0.143 e. The highest BCUT2D eigenvalue weighted by Gasteiger charge is 1.96. The molecule has 3 N–H and O–H groups in total. The SMILES string of the molecule is COCCOCCCOc1ccnc(NN)c1. The Labute approximate surface area is 101 Å². The molecule has 0 fully saturated rings. The molecule has 0 saturated carbocycles. The largest absolute Gasteiger partial charge is 0.493 e. The highest BCUT2D eigenvalue weighted by atomic mass is 16.5. The van der Waals surface area contributed by atoms with Crippen LogP contribution in [0.25, 0.3) is 0 Å². The molecular weight excluding hydrogens is 222 g/mol. The zero-order valence-electron chi connectivity index (χ0n) is 10.0. The Morgan fingerprint density at radius 1 is 1.29 bits per heavy atom. The molecular formula is C11H19N3O3. The highest BCUT2D eigenvalue weighted by molar-refractivity contribution is 5.39. The van der Waals surface area contributed by atoms with E-state index in [0.717, 1.165) is 12.2 Å². The van der Waals surface area contributed by atoms with Crippen molar-refractivity contribution in [1.82, 2.24) is 4.98 Å². The summed E-state index contributed by atoms with van der Waals surface area (Å²) in [5.74, 6) is 6.56. The van der Waals surface area contributed by atoms with Gasteiger partial charge in [-0.05, 0) is 6.07 Å². The van der Waals surface area contributed by atoms with E-state index in [4.69, 9.17) is 20.1 Å². The van der Waals surface area contributed by atoms with E-state index in [0.29, 0.717) is 32.2 Å². The van der Waals surface area contributed by atoms with Gasteiger partial charge in [-0.3, -0.25) is 0 Å². The zero-order valence-corrected chi connectivity index (χ0v) is 10.0. The first-order chi connectivity index (χ1) is 8.36. The summed E-state index contributed by atoms with van der Waals surface area (Å²) in [6, 6.07) is 3.53. The van der Waals surface area contributed by atoms with Crippen LogP contribution < -0.4 is 16.0 Å². The lowest BCUT2D eigenvalue weighted by molar-refractivity contribution is 0.0644. The second-order valence-electron chi connectivity index (χ2n) is 3.33. The van der Waals surface area contributed by atoms with Gasteiger partial charge in [0.1, 0.15) is 11.6 Å². The first kappa shape index (κ1) is 13.7. The van der Waals surface area contributed by atoms with Crippen LogP contribution >= 0.6 is 0 Å². The number of anilines is 1. The minimum Gasteiger partial charge on any atom is -0.493 e. The van der Waals surface area contributed by atoms with Crippen molar-refractivity contribution in [2.24, 2.45) is 5.84 Å². The molecule has 0 atom stereocenters. The summed E-state index contributed by atoms with van der Waals surface area (Å²) in [6.45, 7) is 2.50. The third-order valence-electron chi connectivity index (χ3n) is 2.01. The molecule has 0 bridgehead atoms. The predicted octanol–water partition coefficient (Wildman–Crippen LogP) is 0.799. The van der Waals surface area contributed by atoms with Crippen molar-refractivity contribution in [3.05, 3.63) is 18.3 Å². The number of nitrogens with one attached hydrogen (secondary N) is 1. The van der Waals surface area contributed by atoms with Gasteiger partial charge in [0.25, 0.3) is 0 Å². The second-order valence-corrected chi connectivity index (χ2v) is 3.33. The fourth-order valence-electron chi connectivity index (χ4n) is 1.18. The number of pyridine rings is 1. The van der Waals surface area contributed by atoms with Gasteiger partial charge in [-0.25, -0.2) is 10.8 Å². The minimum atomic E-state index is 0.582. The van der Waals surface area contributed by atoms with Crippen molar-refractivity contribution < 1.29 is 14.2 Å². The molecule has 96 valence electrons. The van der Waals surface area contributed by atoms with Gasteiger partial charge in [-0.15, -0.1) is 0 Å². The van der Waals surface area contributed by atoms with Crippen LogP contribution in [-0.4, -0.2) is 38.5 Å². The van der Waals surface area contributed by atoms with Crippen LogP contribution in [-0.2, 0) is 9.47 Å². The van der Waals surface area contributed by atoms with Gasteiger partial charge < -0.3 is 19.6 Å². The maximum absolute atomic E-state index is 5.51. The monoisotopic (exact) mass is 241 g/mol.